The van der Waals surface area contributed by atoms with E-state index in [2.05, 4.69) is 141 Å². The second-order valence-electron chi connectivity index (χ2n) is 21.6. The van der Waals surface area contributed by atoms with Crippen molar-refractivity contribution in [1.82, 2.24) is 0 Å². The molecule has 11 rings (SSSR count). The minimum atomic E-state index is -3.79. The van der Waals surface area contributed by atoms with Crippen molar-refractivity contribution in [3.63, 3.8) is 0 Å². The molecule has 0 aromatic heterocycles. The molecule has 5 fully saturated rings. The predicted octanol–water partition coefficient (Wildman–Crippen LogP) is 15.6. The summed E-state index contributed by atoms with van der Waals surface area (Å²) in [6.07, 6.45) is 20.9. The molecule has 0 radical (unpaired) electrons. The van der Waals surface area contributed by atoms with Crippen molar-refractivity contribution in [3.05, 3.63) is 129 Å². The van der Waals surface area contributed by atoms with Crippen LogP contribution in [0.4, 0.5) is 0 Å². The van der Waals surface area contributed by atoms with Gasteiger partial charge in [0.05, 0.1) is 0 Å². The van der Waals surface area contributed by atoms with Crippen molar-refractivity contribution < 1.29 is 17.4 Å². The Kier molecular flexibility index (Phi) is 11.6. The largest absolute Gasteiger partial charge is 0.147 e. The Morgan fingerprint density at radius 3 is 1.67 bits per heavy atom. The molecule has 0 spiro atoms. The second kappa shape index (κ2) is 15.7. The Morgan fingerprint density at radius 2 is 1.16 bits per heavy atom. The van der Waals surface area contributed by atoms with Crippen molar-refractivity contribution in [2.24, 2.45) is 29.6 Å². The van der Waals surface area contributed by atoms with Crippen LogP contribution >= 0.6 is 24.8 Å². The molecule has 7 aliphatic rings. The van der Waals surface area contributed by atoms with Gasteiger partial charge in [-0.05, 0) is 0 Å². The maximum atomic E-state index is 2.87. The summed E-state index contributed by atoms with van der Waals surface area (Å²) in [5, 5.41) is 0. The van der Waals surface area contributed by atoms with E-state index in [1.54, 1.807) is 22.3 Å². The second-order valence-corrected chi connectivity index (χ2v) is 52.1. The smallest absolute Gasteiger partial charge is 0.147 e. The number of halogens is 2. The predicted molar refractivity (Wildman–Crippen MR) is 255 cm³/mol. The summed E-state index contributed by atoms with van der Waals surface area (Å²) in [4.78, 5) is 0. The molecule has 2 atom stereocenters. The third kappa shape index (κ3) is 7.03. The summed E-state index contributed by atoms with van der Waals surface area (Å²) >= 11 is -3.79. The van der Waals surface area contributed by atoms with Gasteiger partial charge < -0.3 is 0 Å². The van der Waals surface area contributed by atoms with Gasteiger partial charge in [0.15, 0.2) is 0 Å². The minimum absolute atomic E-state index is 0. The number of hydrogen-bond donors (Lipinski definition) is 0. The van der Waals surface area contributed by atoms with Gasteiger partial charge in [0.25, 0.3) is 0 Å². The summed E-state index contributed by atoms with van der Waals surface area (Å²) in [6.45, 7) is 12.1. The van der Waals surface area contributed by atoms with E-state index in [1.165, 1.54) is 103 Å². The van der Waals surface area contributed by atoms with E-state index in [0.717, 1.165) is 30.1 Å². The van der Waals surface area contributed by atoms with Crippen LogP contribution in [0.3, 0.4) is 0 Å². The van der Waals surface area contributed by atoms with Gasteiger partial charge in [-0.25, -0.2) is 0 Å². The maximum absolute atomic E-state index is 3.79. The van der Waals surface area contributed by atoms with Gasteiger partial charge in [0, 0.05) is 0 Å². The van der Waals surface area contributed by atoms with Crippen molar-refractivity contribution in [3.8, 4) is 22.3 Å². The van der Waals surface area contributed by atoms with E-state index < -0.39 is 17.4 Å². The fraction of sp³-hybridized carbons (Fsp3) is 0.481. The SMILES string of the molecule is CCC1=Cc2c(-c3ccc(C45CC6CC(CC(C6)C4)C5)cc3)cccc2[CH]1[Zr]([CH3])([CH3])(=[SiH2])[CH]1C(C2CCC(C)CC2)=Cc2c(-c3ccc(C(C)C)cc3)cccc21.Cl.Cl. The maximum Gasteiger partial charge on any atom is -0.147 e. The average molecular weight is 907 g/mol. The molecule has 4 aromatic carbocycles. The summed E-state index contributed by atoms with van der Waals surface area (Å²) in [7, 11) is 0. The molecular weight excluding hydrogens is 839 g/mol. The van der Waals surface area contributed by atoms with Crippen LogP contribution in [0.2, 0.25) is 9.26 Å². The van der Waals surface area contributed by atoms with Gasteiger partial charge in [0.2, 0.25) is 0 Å². The molecule has 7 aliphatic carbocycles. The van der Waals surface area contributed by atoms with Crippen LogP contribution in [0.5, 0.6) is 0 Å². The molecule has 5 saturated carbocycles. The van der Waals surface area contributed by atoms with Gasteiger partial charge in [-0.15, -0.1) is 24.8 Å². The zero-order chi connectivity index (χ0) is 38.6. The quantitative estimate of drug-likeness (QED) is 0.155. The van der Waals surface area contributed by atoms with Crippen LogP contribution in [-0.2, 0) is 22.8 Å². The Morgan fingerprint density at radius 1 is 0.655 bits per heavy atom. The molecule has 0 nitrogen and oxygen atoms in total. The van der Waals surface area contributed by atoms with E-state index in [1.807, 2.05) is 5.57 Å². The van der Waals surface area contributed by atoms with Crippen LogP contribution in [0.15, 0.2) is 96.1 Å². The molecule has 58 heavy (non-hydrogen) atoms. The Balaban J connectivity index is 0.00000235. The number of allylic oxidation sites excluding steroid dienone is 2. The van der Waals surface area contributed by atoms with Gasteiger partial charge in [-0.1, -0.05) is 0 Å². The van der Waals surface area contributed by atoms with Crippen LogP contribution < -0.4 is 0 Å². The molecule has 0 saturated heterocycles. The first-order chi connectivity index (χ1) is 26.9. The van der Waals surface area contributed by atoms with Crippen molar-refractivity contribution in [1.29, 1.82) is 0 Å². The average Bonchev–Trinajstić information content (AvgIpc) is 3.79. The fourth-order valence-corrected chi connectivity index (χ4v) is 34.3. The molecular formula is C54H68Cl2SiZr. The van der Waals surface area contributed by atoms with Crippen LogP contribution in [0.25, 0.3) is 34.4 Å². The zero-order valence-corrected chi connectivity index (χ0v) is 41.7. The molecule has 0 heterocycles. The van der Waals surface area contributed by atoms with Crippen LogP contribution in [0.1, 0.15) is 145 Å². The first kappa shape index (κ1) is 42.7. The molecule has 4 aromatic rings. The normalized spacial score (nSPS) is 29.6. The standard InChI is InChI=1S/C27H29.C25H29.2CH3.2ClH.H2Si.Zr/c1-2-18-13-23-4-3-5-25(26(23)14-18)22-6-8-24(9-7-22)27-15-19-10-20(16-27)12-21(11-19)17-27;1-17(2)19-11-13-21(14-12-19)24-6-4-5-22-15-23(16-25(22)24)20-9-7-18(3)8-10-20;;;;;;/h3-9,13-14,19-21H,2,10-12,15-17H2,1H3;4-6,11-18,20H,7-10H2,1-3H3;2*1H3;2*1H;1H2;. The zero-order valence-electron chi connectivity index (χ0n) is 36.2. The molecule has 0 N–H and O–H groups in total. The van der Waals surface area contributed by atoms with Gasteiger partial charge in [0.1, 0.15) is 0 Å². The third-order valence-corrected chi connectivity index (χ3v) is 34.2. The summed E-state index contributed by atoms with van der Waals surface area (Å²) in [5.74, 6) is 5.05. The summed E-state index contributed by atoms with van der Waals surface area (Å²) in [5.41, 5.74) is 19.1. The summed E-state index contributed by atoms with van der Waals surface area (Å²) in [6, 6.07) is 34.5. The molecule has 4 bridgehead atoms. The molecule has 306 valence electrons. The molecule has 2 unspecified atom stereocenters. The van der Waals surface area contributed by atoms with E-state index >= 15 is 0 Å². The number of hydrogen-bond acceptors (Lipinski definition) is 0. The Bertz CT molecular complexity index is 2280. The van der Waals surface area contributed by atoms with Gasteiger partial charge in [-0.3, -0.25) is 0 Å². The van der Waals surface area contributed by atoms with Crippen LogP contribution in [-0.4, -0.2) is 6.88 Å². The minimum Gasteiger partial charge on any atom is -0.147 e. The van der Waals surface area contributed by atoms with Crippen LogP contribution in [0, 0.1) is 29.6 Å². The number of rotatable bonds is 8. The monoisotopic (exact) mass is 904 g/mol. The fourth-order valence-electron chi connectivity index (χ4n) is 14.5. The molecule has 0 aliphatic heterocycles. The molecule has 0 amide bonds. The van der Waals surface area contributed by atoms with Gasteiger partial charge in [-0.2, -0.15) is 0 Å². The number of benzene rings is 4. The van der Waals surface area contributed by atoms with E-state index in [4.69, 9.17) is 0 Å². The van der Waals surface area contributed by atoms with E-state index in [9.17, 15) is 0 Å². The van der Waals surface area contributed by atoms with Crippen molar-refractivity contribution in [2.45, 2.75) is 126 Å². The van der Waals surface area contributed by atoms with E-state index in [-0.39, 0.29) is 24.8 Å². The Hall–Kier alpha value is -1.96. The van der Waals surface area contributed by atoms with E-state index in [0.29, 0.717) is 24.5 Å². The molecule has 4 heteroatoms. The third-order valence-electron chi connectivity index (χ3n) is 16.8. The first-order valence-corrected chi connectivity index (χ1v) is 36.5. The van der Waals surface area contributed by atoms with Gasteiger partial charge >= 0.3 is 344 Å². The number of fused-ring (bicyclic) bond motifs is 2. The van der Waals surface area contributed by atoms with Crippen molar-refractivity contribution in [2.75, 3.05) is 0 Å². The Labute approximate surface area is 365 Å². The van der Waals surface area contributed by atoms with Crippen molar-refractivity contribution >= 4 is 43.8 Å². The topological polar surface area (TPSA) is 0 Å². The first-order valence-electron chi connectivity index (χ1n) is 22.9. The summed E-state index contributed by atoms with van der Waals surface area (Å²) < 4.78 is 6.86.